The van der Waals surface area contributed by atoms with E-state index in [0.29, 0.717) is 23.5 Å². The van der Waals surface area contributed by atoms with Crippen LogP contribution >= 0.6 is 0 Å². The summed E-state index contributed by atoms with van der Waals surface area (Å²) in [5.74, 6) is -0.0473. The first-order valence-electron chi connectivity index (χ1n) is 8.52. The number of methoxy groups -OCH3 is 3. The van der Waals surface area contributed by atoms with Crippen molar-refractivity contribution < 1.29 is 32.2 Å². The highest BCUT2D eigenvalue weighted by atomic mass is 32.2. The van der Waals surface area contributed by atoms with Crippen molar-refractivity contribution in [2.24, 2.45) is 0 Å². The second kappa shape index (κ2) is 8.60. The third-order valence-corrected chi connectivity index (χ3v) is 6.40. The van der Waals surface area contributed by atoms with Gasteiger partial charge >= 0.3 is 5.97 Å². The summed E-state index contributed by atoms with van der Waals surface area (Å²) < 4.78 is 38.9. The van der Waals surface area contributed by atoms with Crippen molar-refractivity contribution in [1.82, 2.24) is 4.90 Å². The van der Waals surface area contributed by atoms with Crippen LogP contribution < -0.4 is 9.47 Å². The van der Waals surface area contributed by atoms with Crippen LogP contribution in [-0.2, 0) is 30.6 Å². The number of ether oxygens (including phenoxy) is 3. The highest BCUT2D eigenvalue weighted by Crippen LogP contribution is 2.28. The molecule has 0 aliphatic carbocycles. The minimum atomic E-state index is -3.22. The number of carbonyl (C=O) groups excluding carboxylic acids is 2. The van der Waals surface area contributed by atoms with Gasteiger partial charge in [0, 0.05) is 6.04 Å². The smallest absolute Gasteiger partial charge is 0.328 e. The average molecular weight is 399 g/mol. The number of rotatable bonds is 7. The highest BCUT2D eigenvalue weighted by molar-refractivity contribution is 7.91. The van der Waals surface area contributed by atoms with Crippen LogP contribution in [-0.4, -0.2) is 70.1 Å². The van der Waals surface area contributed by atoms with E-state index in [1.165, 1.54) is 26.2 Å². The zero-order chi connectivity index (χ0) is 20.2. The van der Waals surface area contributed by atoms with Gasteiger partial charge in [0.15, 0.2) is 21.3 Å². The minimum Gasteiger partial charge on any atom is -0.493 e. The Morgan fingerprint density at radius 2 is 1.85 bits per heavy atom. The van der Waals surface area contributed by atoms with Gasteiger partial charge in [-0.15, -0.1) is 0 Å². The second-order valence-electron chi connectivity index (χ2n) is 6.42. The molecule has 150 valence electrons. The van der Waals surface area contributed by atoms with Crippen LogP contribution in [0.15, 0.2) is 18.2 Å². The van der Waals surface area contributed by atoms with Crippen molar-refractivity contribution in [3.63, 3.8) is 0 Å². The first-order valence-corrected chi connectivity index (χ1v) is 10.3. The molecule has 0 bridgehead atoms. The molecule has 0 unspecified atom stereocenters. The van der Waals surface area contributed by atoms with Gasteiger partial charge in [0.1, 0.15) is 6.04 Å². The number of amides is 1. The summed E-state index contributed by atoms with van der Waals surface area (Å²) in [5, 5.41) is 0. The van der Waals surface area contributed by atoms with E-state index in [1.807, 2.05) is 0 Å². The molecule has 1 aromatic rings. The predicted molar refractivity (Wildman–Crippen MR) is 98.6 cm³/mol. The van der Waals surface area contributed by atoms with Crippen molar-refractivity contribution in [1.29, 1.82) is 0 Å². The lowest BCUT2D eigenvalue weighted by Crippen LogP contribution is -2.50. The molecule has 9 heteroatoms. The molecule has 1 heterocycles. The Hall–Kier alpha value is -2.29. The molecule has 2 atom stereocenters. The number of benzene rings is 1. The summed E-state index contributed by atoms with van der Waals surface area (Å²) in [5.41, 5.74) is 0.667. The molecule has 8 nitrogen and oxygen atoms in total. The Kier molecular flexibility index (Phi) is 6.69. The maximum Gasteiger partial charge on any atom is 0.328 e. The van der Waals surface area contributed by atoms with Crippen LogP contribution in [0.5, 0.6) is 11.5 Å². The lowest BCUT2D eigenvalue weighted by Gasteiger charge is -2.32. The Bertz CT molecular complexity index is 806. The molecule has 2 rings (SSSR count). The van der Waals surface area contributed by atoms with Gasteiger partial charge in [-0.3, -0.25) is 4.79 Å². The van der Waals surface area contributed by atoms with Gasteiger partial charge in [-0.25, -0.2) is 13.2 Å². The first kappa shape index (κ1) is 21.0. The summed E-state index contributed by atoms with van der Waals surface area (Å²) in [6, 6.07) is 3.68. The summed E-state index contributed by atoms with van der Waals surface area (Å²) in [6.07, 6.45) is 0.305. The van der Waals surface area contributed by atoms with E-state index in [-0.39, 0.29) is 23.8 Å². The summed E-state index contributed by atoms with van der Waals surface area (Å²) in [6.45, 7) is 1.54. The molecular formula is C18H25NO7S. The standard InChI is InChI=1S/C18H25NO7S/c1-12(18(21)26-4)19(14-7-8-27(22,23)11-14)17(20)10-13-5-6-15(24-2)16(9-13)25-3/h5-6,9,12,14H,7-8,10-11H2,1-4H3/t12-,14-/m0/s1. The number of esters is 1. The lowest BCUT2D eigenvalue weighted by molar-refractivity contribution is -0.153. The van der Waals surface area contributed by atoms with Crippen LogP contribution in [0.3, 0.4) is 0 Å². The van der Waals surface area contributed by atoms with Gasteiger partial charge < -0.3 is 19.1 Å². The molecule has 1 aliphatic heterocycles. The molecule has 0 saturated carbocycles. The number of nitrogens with zero attached hydrogens (tertiary/aromatic N) is 1. The Balaban J connectivity index is 2.27. The topological polar surface area (TPSA) is 99.2 Å². The molecule has 0 aromatic heterocycles. The molecule has 0 radical (unpaired) electrons. The lowest BCUT2D eigenvalue weighted by atomic mass is 10.1. The van der Waals surface area contributed by atoms with Crippen molar-refractivity contribution in [3.05, 3.63) is 23.8 Å². The number of sulfone groups is 1. The molecule has 1 fully saturated rings. The fourth-order valence-corrected chi connectivity index (χ4v) is 4.98. The summed E-state index contributed by atoms with van der Waals surface area (Å²) in [7, 11) is 1.04. The molecule has 0 N–H and O–H groups in total. The fourth-order valence-electron chi connectivity index (χ4n) is 3.27. The maximum absolute atomic E-state index is 13.0. The highest BCUT2D eigenvalue weighted by Gasteiger charge is 2.39. The molecule has 1 saturated heterocycles. The molecular weight excluding hydrogens is 374 g/mol. The van der Waals surface area contributed by atoms with Crippen LogP contribution in [0.2, 0.25) is 0 Å². The van der Waals surface area contributed by atoms with E-state index >= 15 is 0 Å². The average Bonchev–Trinajstić information content (AvgIpc) is 3.00. The summed E-state index contributed by atoms with van der Waals surface area (Å²) >= 11 is 0. The maximum atomic E-state index is 13.0. The van der Waals surface area contributed by atoms with Crippen LogP contribution in [0.1, 0.15) is 18.9 Å². The van der Waals surface area contributed by atoms with E-state index < -0.39 is 27.9 Å². The summed E-state index contributed by atoms with van der Waals surface area (Å²) in [4.78, 5) is 26.3. The number of hydrogen-bond donors (Lipinski definition) is 0. The van der Waals surface area contributed by atoms with Crippen LogP contribution in [0.25, 0.3) is 0 Å². The second-order valence-corrected chi connectivity index (χ2v) is 8.65. The van der Waals surface area contributed by atoms with E-state index in [2.05, 4.69) is 0 Å². The Morgan fingerprint density at radius 1 is 1.19 bits per heavy atom. The predicted octanol–water partition coefficient (Wildman–Crippen LogP) is 0.823. The van der Waals surface area contributed by atoms with Crippen LogP contribution in [0, 0.1) is 0 Å². The van der Waals surface area contributed by atoms with E-state index in [4.69, 9.17) is 14.2 Å². The normalized spacial score (nSPS) is 19.2. The van der Waals surface area contributed by atoms with Crippen molar-refractivity contribution in [2.45, 2.75) is 31.8 Å². The van der Waals surface area contributed by atoms with Gasteiger partial charge in [0.05, 0.1) is 39.3 Å². The van der Waals surface area contributed by atoms with Crippen molar-refractivity contribution >= 4 is 21.7 Å². The third-order valence-electron chi connectivity index (χ3n) is 4.65. The molecule has 27 heavy (non-hydrogen) atoms. The molecule has 0 spiro atoms. The number of carbonyl (C=O) groups is 2. The first-order chi connectivity index (χ1) is 12.7. The van der Waals surface area contributed by atoms with Gasteiger partial charge in [0.2, 0.25) is 5.91 Å². The van der Waals surface area contributed by atoms with Gasteiger partial charge in [-0.2, -0.15) is 0 Å². The largest absolute Gasteiger partial charge is 0.493 e. The zero-order valence-electron chi connectivity index (χ0n) is 15.9. The Morgan fingerprint density at radius 3 is 2.37 bits per heavy atom. The van der Waals surface area contributed by atoms with Gasteiger partial charge in [-0.05, 0) is 31.0 Å². The fraction of sp³-hybridized carbons (Fsp3) is 0.556. The van der Waals surface area contributed by atoms with Gasteiger partial charge in [-0.1, -0.05) is 6.07 Å². The van der Waals surface area contributed by atoms with E-state index in [9.17, 15) is 18.0 Å². The SMILES string of the molecule is COC(=O)[C@H](C)N(C(=O)Cc1ccc(OC)c(OC)c1)[C@H]1CCS(=O)(=O)C1. The van der Waals surface area contributed by atoms with Crippen molar-refractivity contribution in [2.75, 3.05) is 32.8 Å². The minimum absolute atomic E-state index is 0.00175. The van der Waals surface area contributed by atoms with E-state index in [0.717, 1.165) is 0 Å². The van der Waals surface area contributed by atoms with Crippen molar-refractivity contribution in [3.8, 4) is 11.5 Å². The quantitative estimate of drug-likeness (QED) is 0.626. The number of hydrogen-bond acceptors (Lipinski definition) is 7. The monoisotopic (exact) mass is 399 g/mol. The third kappa shape index (κ3) is 4.91. The molecule has 1 amide bonds. The van der Waals surface area contributed by atoms with E-state index in [1.54, 1.807) is 25.1 Å². The Labute approximate surface area is 159 Å². The molecule has 1 aromatic carbocycles. The van der Waals surface area contributed by atoms with Gasteiger partial charge in [0.25, 0.3) is 0 Å². The van der Waals surface area contributed by atoms with Crippen LogP contribution in [0.4, 0.5) is 0 Å². The zero-order valence-corrected chi connectivity index (χ0v) is 16.7. The molecule has 1 aliphatic rings.